The number of nitrogens with one attached hydrogen (secondary N) is 1. The Morgan fingerprint density at radius 2 is 1.66 bits per heavy atom. The molecule has 3 aromatic rings. The lowest BCUT2D eigenvalue weighted by molar-refractivity contribution is 0.412. The summed E-state index contributed by atoms with van der Waals surface area (Å²) in [7, 11) is 3.93. The van der Waals surface area contributed by atoms with Gasteiger partial charge in [-0.3, -0.25) is 0 Å². The van der Waals surface area contributed by atoms with Crippen molar-refractivity contribution in [3.8, 4) is 5.75 Å². The van der Waals surface area contributed by atoms with E-state index in [9.17, 15) is 0 Å². The number of methoxy groups -OCH3 is 1. The van der Waals surface area contributed by atoms with E-state index in [4.69, 9.17) is 4.74 Å². The molecule has 3 aromatic carbocycles. The fraction of sp³-hybridized carbons (Fsp3) is 0.474. The standard InChI is InChI=1S/C33H42N2O.C3H8.C2H6/c1-8-9-22-34-28-19-18-25(36-7)23-27(28)32(2,3)21-13-12-16-30-33(4,5)31-26-15-11-10-14-24(26)17-20-29(31)35(30)6;1-3-2;1-2/h10-20,23,34H,8-9,21-22H2,1-7H3;3H2,1-2H3;1-2H3/b13-12+,30-16+;;. The molecule has 0 aliphatic carbocycles. The first-order chi connectivity index (χ1) is 19.6. The Morgan fingerprint density at radius 1 is 0.976 bits per heavy atom. The minimum Gasteiger partial charge on any atom is -0.497 e. The lowest BCUT2D eigenvalue weighted by Gasteiger charge is -2.28. The first kappa shape index (κ1) is 34.0. The largest absolute Gasteiger partial charge is 0.497 e. The molecule has 1 aliphatic rings. The number of unbranched alkanes of at least 4 members (excludes halogenated alkanes) is 1. The summed E-state index contributed by atoms with van der Waals surface area (Å²) in [6.45, 7) is 20.8. The molecule has 4 rings (SSSR count). The molecule has 0 radical (unpaired) electrons. The van der Waals surface area contributed by atoms with Crippen molar-refractivity contribution in [2.24, 2.45) is 0 Å². The molecule has 0 spiro atoms. The summed E-state index contributed by atoms with van der Waals surface area (Å²) in [6.07, 6.45) is 11.4. The summed E-state index contributed by atoms with van der Waals surface area (Å²) in [6, 6.07) is 19.6. The van der Waals surface area contributed by atoms with E-state index in [1.54, 1.807) is 7.11 Å². The number of rotatable bonds is 9. The Kier molecular flexibility index (Phi) is 13.0. The van der Waals surface area contributed by atoms with Crippen molar-refractivity contribution in [2.45, 2.75) is 98.8 Å². The van der Waals surface area contributed by atoms with Gasteiger partial charge in [-0.05, 0) is 70.5 Å². The first-order valence-electron chi connectivity index (χ1n) is 15.7. The van der Waals surface area contributed by atoms with E-state index in [0.717, 1.165) is 18.7 Å². The lowest BCUT2D eigenvalue weighted by Crippen LogP contribution is -2.22. The van der Waals surface area contributed by atoms with Gasteiger partial charge < -0.3 is 15.0 Å². The molecule has 3 heteroatoms. The highest BCUT2D eigenvalue weighted by Gasteiger charge is 2.39. The molecule has 224 valence electrons. The summed E-state index contributed by atoms with van der Waals surface area (Å²) in [5, 5.41) is 6.30. The minimum absolute atomic E-state index is 0.0334. The number of fused-ring (bicyclic) bond motifs is 3. The zero-order valence-electron chi connectivity index (χ0n) is 27.8. The van der Waals surface area contributed by atoms with E-state index in [0.29, 0.717) is 0 Å². The third-order valence-electron chi connectivity index (χ3n) is 7.72. The van der Waals surface area contributed by atoms with Crippen molar-refractivity contribution in [2.75, 3.05) is 30.9 Å². The lowest BCUT2D eigenvalue weighted by atomic mass is 9.80. The average Bonchev–Trinajstić information content (AvgIpc) is 3.17. The maximum absolute atomic E-state index is 5.56. The van der Waals surface area contributed by atoms with Gasteiger partial charge in [-0.25, -0.2) is 0 Å². The highest BCUT2D eigenvalue weighted by molar-refractivity contribution is 5.94. The summed E-state index contributed by atoms with van der Waals surface area (Å²) < 4.78 is 5.56. The van der Waals surface area contributed by atoms with Crippen molar-refractivity contribution >= 4 is 22.1 Å². The molecule has 0 saturated carbocycles. The van der Waals surface area contributed by atoms with Crippen LogP contribution in [-0.2, 0) is 10.8 Å². The number of anilines is 2. The van der Waals surface area contributed by atoms with Crippen LogP contribution in [0.25, 0.3) is 10.8 Å². The van der Waals surface area contributed by atoms with Crippen LogP contribution in [0, 0.1) is 0 Å². The zero-order chi connectivity index (χ0) is 30.6. The van der Waals surface area contributed by atoms with Gasteiger partial charge >= 0.3 is 0 Å². The van der Waals surface area contributed by atoms with Gasteiger partial charge in [0.1, 0.15) is 5.75 Å². The van der Waals surface area contributed by atoms with Crippen molar-refractivity contribution in [1.29, 1.82) is 0 Å². The van der Waals surface area contributed by atoms with Gasteiger partial charge in [-0.1, -0.05) is 118 Å². The molecule has 0 saturated heterocycles. The molecule has 0 fully saturated rings. The van der Waals surface area contributed by atoms with Gasteiger partial charge in [0, 0.05) is 36.1 Å². The third-order valence-corrected chi connectivity index (χ3v) is 7.72. The summed E-state index contributed by atoms with van der Waals surface area (Å²) in [5.41, 5.74) is 6.46. The number of hydrogen-bond acceptors (Lipinski definition) is 3. The van der Waals surface area contributed by atoms with E-state index >= 15 is 0 Å². The van der Waals surface area contributed by atoms with Gasteiger partial charge in [0.2, 0.25) is 0 Å². The second-order valence-electron chi connectivity index (χ2n) is 11.8. The van der Waals surface area contributed by atoms with E-state index < -0.39 is 0 Å². The first-order valence-corrected chi connectivity index (χ1v) is 15.7. The topological polar surface area (TPSA) is 24.5 Å². The number of ether oxygens (including phenoxy) is 1. The number of likely N-dealkylation sites (N-methyl/N-ethyl adjacent to an activating group) is 1. The molecule has 0 bridgehead atoms. The van der Waals surface area contributed by atoms with Gasteiger partial charge in [0.05, 0.1) is 7.11 Å². The minimum atomic E-state index is -0.0615. The molecule has 41 heavy (non-hydrogen) atoms. The molecule has 3 nitrogen and oxygen atoms in total. The normalized spacial score (nSPS) is 14.8. The van der Waals surface area contributed by atoms with Crippen LogP contribution in [0.3, 0.4) is 0 Å². The Bertz CT molecular complexity index is 1300. The summed E-state index contributed by atoms with van der Waals surface area (Å²) >= 11 is 0. The second kappa shape index (κ2) is 15.7. The molecule has 1 N–H and O–H groups in total. The average molecular weight is 557 g/mol. The number of benzene rings is 3. The Morgan fingerprint density at radius 3 is 2.32 bits per heavy atom. The maximum Gasteiger partial charge on any atom is 0.119 e. The quantitative estimate of drug-likeness (QED) is 0.265. The van der Waals surface area contributed by atoms with Gasteiger partial charge in [-0.15, -0.1) is 0 Å². The van der Waals surface area contributed by atoms with Crippen LogP contribution in [-0.4, -0.2) is 20.7 Å². The third kappa shape index (κ3) is 7.97. The van der Waals surface area contributed by atoms with Crippen LogP contribution in [0.1, 0.15) is 99.1 Å². The molecule has 0 atom stereocenters. The Hall–Kier alpha value is -3.20. The second-order valence-corrected chi connectivity index (χ2v) is 11.8. The van der Waals surface area contributed by atoms with Crippen LogP contribution in [0.4, 0.5) is 11.4 Å². The Labute approximate surface area is 251 Å². The van der Waals surface area contributed by atoms with Crippen LogP contribution >= 0.6 is 0 Å². The van der Waals surface area contributed by atoms with Gasteiger partial charge in [0.15, 0.2) is 0 Å². The fourth-order valence-corrected chi connectivity index (χ4v) is 5.59. The SMILES string of the molecule is CC.CCC.CCCCNc1ccc(OC)cc1C(C)(C)C/C=C/C=C1/N(C)c2ccc3ccccc3c2C1(C)C. The summed E-state index contributed by atoms with van der Waals surface area (Å²) in [5.74, 6) is 0.907. The van der Waals surface area contributed by atoms with E-state index in [2.05, 4.69) is 132 Å². The monoisotopic (exact) mass is 556 g/mol. The van der Waals surface area contributed by atoms with Crippen LogP contribution in [0.15, 0.2) is 78.5 Å². The van der Waals surface area contributed by atoms with Crippen molar-refractivity contribution < 1.29 is 4.74 Å². The van der Waals surface area contributed by atoms with E-state index in [1.807, 2.05) is 19.9 Å². The van der Waals surface area contributed by atoms with Crippen LogP contribution in [0.2, 0.25) is 0 Å². The fourth-order valence-electron chi connectivity index (χ4n) is 5.59. The number of hydrogen-bond donors (Lipinski definition) is 1. The van der Waals surface area contributed by atoms with Crippen molar-refractivity contribution in [3.05, 3.63) is 89.6 Å². The van der Waals surface area contributed by atoms with E-state index in [1.165, 1.54) is 58.2 Å². The number of nitrogens with zero attached hydrogens (tertiary/aromatic N) is 1. The van der Waals surface area contributed by atoms with Gasteiger partial charge in [-0.2, -0.15) is 0 Å². The maximum atomic E-state index is 5.56. The smallest absolute Gasteiger partial charge is 0.119 e. The summed E-state index contributed by atoms with van der Waals surface area (Å²) in [4.78, 5) is 2.36. The Balaban J connectivity index is 0.00000110. The molecular weight excluding hydrogens is 500 g/mol. The molecule has 0 aromatic heterocycles. The molecule has 0 amide bonds. The highest BCUT2D eigenvalue weighted by atomic mass is 16.5. The van der Waals surface area contributed by atoms with Crippen molar-refractivity contribution in [1.82, 2.24) is 0 Å². The molecular formula is C38H56N2O. The van der Waals surface area contributed by atoms with Crippen LogP contribution < -0.4 is 15.0 Å². The molecule has 1 heterocycles. The zero-order valence-corrected chi connectivity index (χ0v) is 27.8. The predicted molar refractivity (Wildman–Crippen MR) is 184 cm³/mol. The van der Waals surface area contributed by atoms with Crippen molar-refractivity contribution in [3.63, 3.8) is 0 Å². The van der Waals surface area contributed by atoms with Crippen LogP contribution in [0.5, 0.6) is 5.75 Å². The number of allylic oxidation sites excluding steroid dienone is 4. The van der Waals surface area contributed by atoms with E-state index in [-0.39, 0.29) is 10.8 Å². The molecule has 0 unspecified atom stereocenters. The van der Waals surface area contributed by atoms with Gasteiger partial charge in [0.25, 0.3) is 0 Å². The molecule has 1 aliphatic heterocycles. The predicted octanol–water partition coefficient (Wildman–Crippen LogP) is 11.0. The highest BCUT2D eigenvalue weighted by Crippen LogP contribution is 2.50.